The molecule has 1 saturated heterocycles. The van der Waals surface area contributed by atoms with Crippen molar-refractivity contribution in [1.29, 1.82) is 0 Å². The number of rotatable bonds is 7. The second-order valence-electron chi connectivity index (χ2n) is 11.4. The molecule has 2 aliphatic carbocycles. The third kappa shape index (κ3) is 4.33. The van der Waals surface area contributed by atoms with Crippen LogP contribution in [-0.2, 0) is 21.0 Å². The normalized spacial score (nSPS) is 29.4. The van der Waals surface area contributed by atoms with Crippen LogP contribution in [0.25, 0.3) is 0 Å². The molecule has 3 fully saturated rings. The minimum absolute atomic E-state index is 0.0128. The summed E-state index contributed by atoms with van der Waals surface area (Å²) in [7, 11) is 0. The first-order chi connectivity index (χ1) is 19.7. The Labute approximate surface area is 249 Å². The lowest BCUT2D eigenvalue weighted by atomic mass is 9.68. The number of halogens is 1. The molecule has 2 N–H and O–H groups in total. The Hall–Kier alpha value is -3.08. The molecule has 4 aliphatic rings. The van der Waals surface area contributed by atoms with Gasteiger partial charge < -0.3 is 14.8 Å². The van der Waals surface area contributed by atoms with Crippen LogP contribution in [0.4, 0.5) is 0 Å². The number of thioether (sulfide) groups is 1. The fraction of sp³-hybridized carbons (Fsp3) is 0.400. The van der Waals surface area contributed by atoms with Crippen molar-refractivity contribution in [2.45, 2.75) is 42.6 Å². The van der Waals surface area contributed by atoms with Gasteiger partial charge in [0.15, 0.2) is 0 Å². The summed E-state index contributed by atoms with van der Waals surface area (Å²) in [6.45, 7) is 2.30. The van der Waals surface area contributed by atoms with Crippen molar-refractivity contribution in [2.75, 3.05) is 6.54 Å². The molecule has 0 radical (unpaired) electrons. The maximum Gasteiger partial charge on any atom is 0.305 e. The van der Waals surface area contributed by atoms with Gasteiger partial charge in [-0.1, -0.05) is 52.8 Å². The summed E-state index contributed by atoms with van der Waals surface area (Å²) in [5, 5.41) is 10.5. The predicted molar refractivity (Wildman–Crippen MR) is 154 cm³/mol. The third-order valence-corrected chi connectivity index (χ3v) is 12.0. The fourth-order valence-electron chi connectivity index (χ4n) is 7.71. The smallest absolute Gasteiger partial charge is 0.305 e. The van der Waals surface area contributed by atoms with Crippen molar-refractivity contribution in [3.63, 3.8) is 0 Å². The number of hydrogen-bond acceptors (Lipinski definition) is 7. The molecule has 2 aliphatic heterocycles. The van der Waals surface area contributed by atoms with Crippen molar-refractivity contribution < 1.29 is 24.2 Å². The number of H-pyrrole nitrogens is 1. The highest BCUT2D eigenvalue weighted by atomic mass is 35.5. The van der Waals surface area contributed by atoms with E-state index < -0.39 is 17.8 Å². The van der Waals surface area contributed by atoms with Gasteiger partial charge in [-0.25, -0.2) is 0 Å². The molecule has 7 rings (SSSR count). The summed E-state index contributed by atoms with van der Waals surface area (Å²) >= 11 is 9.35. The Bertz CT molecular complexity index is 1650. The molecule has 0 spiro atoms. The molecule has 11 heteroatoms. The van der Waals surface area contributed by atoms with Gasteiger partial charge in [-0.15, -0.1) is 11.8 Å². The predicted octanol–water partition coefficient (Wildman–Crippen LogP) is 4.93. The van der Waals surface area contributed by atoms with E-state index in [0.717, 1.165) is 33.0 Å². The highest BCUT2D eigenvalue weighted by molar-refractivity contribution is 8.00. The number of aromatic nitrogens is 1. The first-order valence-electron chi connectivity index (χ1n) is 13.7. The summed E-state index contributed by atoms with van der Waals surface area (Å²) in [6, 6.07) is 13.7. The average molecular weight is 611 g/mol. The summed E-state index contributed by atoms with van der Waals surface area (Å²) in [5.74, 6) is -2.16. The van der Waals surface area contributed by atoms with Crippen molar-refractivity contribution >= 4 is 52.5 Å². The van der Waals surface area contributed by atoms with Crippen LogP contribution < -0.4 is 9.61 Å². The average Bonchev–Trinajstić information content (AvgIpc) is 3.66. The fourth-order valence-corrected chi connectivity index (χ4v) is 10.8. The summed E-state index contributed by atoms with van der Waals surface area (Å²) in [4.78, 5) is 55.8. The van der Waals surface area contributed by atoms with Crippen LogP contribution in [-0.4, -0.2) is 44.6 Å². The molecule has 8 nitrogen and oxygen atoms in total. The lowest BCUT2D eigenvalue weighted by molar-refractivity contribution is -0.142. The van der Waals surface area contributed by atoms with Gasteiger partial charge in [0, 0.05) is 33.2 Å². The second kappa shape index (κ2) is 10.0. The molecule has 1 aromatic heterocycles. The Balaban J connectivity index is 1.28. The van der Waals surface area contributed by atoms with Gasteiger partial charge in [0.25, 0.3) is 0 Å². The van der Waals surface area contributed by atoms with E-state index in [1.54, 1.807) is 17.8 Å². The van der Waals surface area contributed by atoms with E-state index in [-0.39, 0.29) is 58.6 Å². The maximum absolute atomic E-state index is 13.6. The van der Waals surface area contributed by atoms with Gasteiger partial charge in [-0.3, -0.25) is 24.1 Å². The topological polar surface area (TPSA) is 117 Å². The molecule has 2 saturated carbocycles. The van der Waals surface area contributed by atoms with Crippen LogP contribution in [0.3, 0.4) is 0 Å². The van der Waals surface area contributed by atoms with Crippen LogP contribution in [0.5, 0.6) is 5.75 Å². The van der Waals surface area contributed by atoms with Gasteiger partial charge in [-0.05, 0) is 54.9 Å². The molecule has 3 heterocycles. The third-order valence-electron chi connectivity index (χ3n) is 9.15. The van der Waals surface area contributed by atoms with E-state index in [2.05, 4.69) is 11.1 Å². The van der Waals surface area contributed by atoms with Gasteiger partial charge in [0.2, 0.25) is 11.8 Å². The first kappa shape index (κ1) is 26.8. The van der Waals surface area contributed by atoms with Crippen molar-refractivity contribution in [3.05, 3.63) is 78.7 Å². The standard InChI is InChI=1S/C30H27ClN2O6S2/c1-13-3-2-4-14(9-13)12-39-19-6-5-15(31)10-16(19)21-22-17-11-18(25(22)40-27-26(21)41-30(38)32-27)24-23(17)28(36)33(29(24)37)8-7-20(34)35/h2-6,9-10,17-18,21-25H,7-8,11-12H2,1H3,(H,32,38)(H,34,35)/t17?,18?,21-,22?,23?,24?,25?/m1/s1. The van der Waals surface area contributed by atoms with Crippen LogP contribution in [0, 0.1) is 36.5 Å². The van der Waals surface area contributed by atoms with Gasteiger partial charge in [-0.2, -0.15) is 0 Å². The molecule has 2 amide bonds. The number of carboxylic acids is 1. The monoisotopic (exact) mass is 610 g/mol. The van der Waals surface area contributed by atoms with E-state index in [1.165, 1.54) is 16.2 Å². The Morgan fingerprint density at radius 2 is 1.90 bits per heavy atom. The number of aliphatic carboxylic acids is 1. The highest BCUT2D eigenvalue weighted by Crippen LogP contribution is 2.69. The zero-order valence-corrected chi connectivity index (χ0v) is 24.4. The molecule has 7 atom stereocenters. The number of fused-ring (bicyclic) bond motifs is 9. The SMILES string of the molecule is Cc1cccc(COc2ccc(Cl)cc2[C@H]2c3sc(=O)[nH]c3SC3C4CC(C5C(=O)N(CCC(=O)O)C(=O)C45)C32)c1. The zero-order valence-electron chi connectivity index (χ0n) is 22.0. The van der Waals surface area contributed by atoms with Gasteiger partial charge >= 0.3 is 10.8 Å². The number of thiazole rings is 1. The maximum atomic E-state index is 13.6. The van der Waals surface area contributed by atoms with E-state index in [1.807, 2.05) is 37.3 Å². The number of benzene rings is 2. The van der Waals surface area contributed by atoms with Crippen LogP contribution in [0.1, 0.15) is 40.3 Å². The number of nitrogens with zero attached hydrogens (tertiary/aromatic N) is 1. The van der Waals surface area contributed by atoms with E-state index in [0.29, 0.717) is 17.4 Å². The Morgan fingerprint density at radius 3 is 2.66 bits per heavy atom. The molecule has 3 aromatic rings. The van der Waals surface area contributed by atoms with E-state index >= 15 is 0 Å². The number of hydrogen-bond donors (Lipinski definition) is 2. The van der Waals surface area contributed by atoms with E-state index in [9.17, 15) is 19.2 Å². The molecule has 41 heavy (non-hydrogen) atoms. The minimum atomic E-state index is -1.04. The largest absolute Gasteiger partial charge is 0.489 e. The highest BCUT2D eigenvalue weighted by Gasteiger charge is 2.69. The van der Waals surface area contributed by atoms with Crippen molar-refractivity contribution in [2.24, 2.45) is 29.6 Å². The molecule has 6 unspecified atom stereocenters. The lowest BCUT2D eigenvalue weighted by Gasteiger charge is -2.43. The molecular formula is C30H27ClN2O6S2. The molecule has 212 valence electrons. The van der Waals surface area contributed by atoms with Gasteiger partial charge in [0.05, 0.1) is 23.3 Å². The van der Waals surface area contributed by atoms with Crippen molar-refractivity contribution in [1.82, 2.24) is 9.88 Å². The van der Waals surface area contributed by atoms with Crippen molar-refractivity contribution in [3.8, 4) is 5.75 Å². The lowest BCUT2D eigenvalue weighted by Crippen LogP contribution is -2.42. The summed E-state index contributed by atoms with van der Waals surface area (Å²) in [6.07, 6.45) is 0.483. The number of carboxylic acid groups (broad SMARTS) is 1. The minimum Gasteiger partial charge on any atom is -0.489 e. The zero-order chi connectivity index (χ0) is 28.6. The summed E-state index contributed by atoms with van der Waals surface area (Å²) in [5.41, 5.74) is 3.05. The molecule has 2 aromatic carbocycles. The summed E-state index contributed by atoms with van der Waals surface area (Å²) < 4.78 is 6.40. The number of carbonyl (C=O) groups is 3. The van der Waals surface area contributed by atoms with Crippen LogP contribution >= 0.6 is 34.7 Å². The number of nitrogens with one attached hydrogen (secondary N) is 1. The van der Waals surface area contributed by atoms with E-state index in [4.69, 9.17) is 21.4 Å². The number of ether oxygens (including phenoxy) is 1. The first-order valence-corrected chi connectivity index (χ1v) is 15.7. The van der Waals surface area contributed by atoms with Gasteiger partial charge in [0.1, 0.15) is 12.4 Å². The second-order valence-corrected chi connectivity index (χ2v) is 14.0. The van der Waals surface area contributed by atoms with Crippen LogP contribution in [0.15, 0.2) is 52.3 Å². The number of carbonyl (C=O) groups excluding carboxylic acids is 2. The Morgan fingerprint density at radius 1 is 1.12 bits per heavy atom. The quantitative estimate of drug-likeness (QED) is 0.365. The number of amides is 2. The molecule has 2 bridgehead atoms. The van der Waals surface area contributed by atoms with Crippen LogP contribution in [0.2, 0.25) is 5.02 Å². The number of aromatic amines is 1. The Kier molecular flexibility index (Phi) is 6.55. The number of imide groups is 1. The number of likely N-dealkylation sites (tertiary alicyclic amines) is 1. The number of aryl methyl sites for hydroxylation is 1. The molecular weight excluding hydrogens is 584 g/mol.